The smallest absolute Gasteiger partial charge is 0.277 e. The van der Waals surface area contributed by atoms with Crippen molar-refractivity contribution in [3.63, 3.8) is 0 Å². The summed E-state index contributed by atoms with van der Waals surface area (Å²) in [6.07, 6.45) is 7.41. The van der Waals surface area contributed by atoms with Gasteiger partial charge in [0.25, 0.3) is 5.91 Å². The highest BCUT2D eigenvalue weighted by atomic mass is 79.9. The molecule has 0 saturated heterocycles. The van der Waals surface area contributed by atoms with E-state index in [1.165, 1.54) is 18.4 Å². The van der Waals surface area contributed by atoms with Gasteiger partial charge in [0.1, 0.15) is 5.75 Å². The summed E-state index contributed by atoms with van der Waals surface area (Å²) in [6.45, 7) is 0. The summed E-state index contributed by atoms with van der Waals surface area (Å²) in [5, 5.41) is 0. The molecule has 0 aliphatic carbocycles. The second-order valence-corrected chi connectivity index (χ2v) is 7.65. The van der Waals surface area contributed by atoms with Crippen LogP contribution in [0.25, 0.3) is 0 Å². The number of aryl methyl sites for hydroxylation is 1. The summed E-state index contributed by atoms with van der Waals surface area (Å²) in [6, 6.07) is 14.0. The number of aliphatic imine (C=N–C) groups is 1. The summed E-state index contributed by atoms with van der Waals surface area (Å²) >= 11 is 3.53. The number of rotatable bonds is 8. The standard InChI is InChI=1S/C22H24BrNO2/c1-26-20-13-16(12-18(23)15-20)8-4-2-3-5-10-19-14-17-9-6-7-11-21(17)22(25)24-19/h6-7,9,11-13,15H,2-5,8,10,14H2,1H3. The van der Waals surface area contributed by atoms with Crippen LogP contribution in [-0.2, 0) is 12.8 Å². The van der Waals surface area contributed by atoms with E-state index in [-0.39, 0.29) is 5.91 Å². The Labute approximate surface area is 163 Å². The zero-order valence-corrected chi connectivity index (χ0v) is 16.7. The average Bonchev–Trinajstić information content (AvgIpc) is 2.64. The molecule has 0 atom stereocenters. The van der Waals surface area contributed by atoms with Gasteiger partial charge in [0.05, 0.1) is 7.11 Å². The Kier molecular flexibility index (Phi) is 6.62. The van der Waals surface area contributed by atoms with E-state index < -0.39 is 0 Å². The first-order valence-corrected chi connectivity index (χ1v) is 9.97. The van der Waals surface area contributed by atoms with E-state index in [1.807, 2.05) is 30.3 Å². The molecule has 0 radical (unpaired) electrons. The van der Waals surface area contributed by atoms with Crippen molar-refractivity contribution < 1.29 is 9.53 Å². The number of benzene rings is 2. The van der Waals surface area contributed by atoms with Crippen molar-refractivity contribution in [2.75, 3.05) is 7.11 Å². The molecule has 0 fully saturated rings. The van der Waals surface area contributed by atoms with Crippen LogP contribution in [0, 0.1) is 0 Å². The number of hydrogen-bond acceptors (Lipinski definition) is 2. The summed E-state index contributed by atoms with van der Waals surface area (Å²) in [7, 11) is 1.70. The third-order valence-corrected chi connectivity index (χ3v) is 5.21. The number of amides is 1. The summed E-state index contributed by atoms with van der Waals surface area (Å²) in [5.41, 5.74) is 4.22. The fourth-order valence-corrected chi connectivity index (χ4v) is 3.90. The van der Waals surface area contributed by atoms with Gasteiger partial charge in [0.15, 0.2) is 0 Å². The van der Waals surface area contributed by atoms with E-state index in [1.54, 1.807) is 7.11 Å². The topological polar surface area (TPSA) is 38.7 Å². The molecule has 2 aromatic rings. The predicted molar refractivity (Wildman–Crippen MR) is 109 cm³/mol. The minimum Gasteiger partial charge on any atom is -0.497 e. The second kappa shape index (κ2) is 9.13. The monoisotopic (exact) mass is 413 g/mol. The lowest BCUT2D eigenvalue weighted by Crippen LogP contribution is -2.16. The number of unbranched alkanes of at least 4 members (excludes halogenated alkanes) is 3. The van der Waals surface area contributed by atoms with E-state index in [9.17, 15) is 4.79 Å². The van der Waals surface area contributed by atoms with E-state index in [0.29, 0.717) is 0 Å². The van der Waals surface area contributed by atoms with E-state index in [2.05, 4.69) is 33.1 Å². The Morgan fingerprint density at radius 2 is 1.81 bits per heavy atom. The van der Waals surface area contributed by atoms with Gasteiger partial charge in [-0.15, -0.1) is 0 Å². The van der Waals surface area contributed by atoms with Gasteiger partial charge in [-0.3, -0.25) is 4.79 Å². The number of hydrogen-bond donors (Lipinski definition) is 0. The second-order valence-electron chi connectivity index (χ2n) is 6.73. The number of nitrogens with zero attached hydrogens (tertiary/aromatic N) is 1. The van der Waals surface area contributed by atoms with Crippen molar-refractivity contribution in [2.24, 2.45) is 4.99 Å². The van der Waals surface area contributed by atoms with Crippen LogP contribution in [0.5, 0.6) is 5.75 Å². The molecule has 136 valence electrons. The van der Waals surface area contributed by atoms with Crippen LogP contribution in [0.2, 0.25) is 0 Å². The Balaban J connectivity index is 1.39. The molecule has 0 spiro atoms. The Morgan fingerprint density at radius 3 is 2.62 bits per heavy atom. The summed E-state index contributed by atoms with van der Waals surface area (Å²) in [4.78, 5) is 16.3. The van der Waals surface area contributed by atoms with Crippen molar-refractivity contribution in [2.45, 2.75) is 44.9 Å². The highest BCUT2D eigenvalue weighted by Gasteiger charge is 2.18. The fraction of sp³-hybridized carbons (Fsp3) is 0.364. The fourth-order valence-electron chi connectivity index (χ4n) is 3.39. The highest BCUT2D eigenvalue weighted by molar-refractivity contribution is 9.10. The first kappa shape index (κ1) is 18.8. The molecular formula is C22H24BrNO2. The van der Waals surface area contributed by atoms with Gasteiger partial charge in [-0.25, -0.2) is 4.99 Å². The molecule has 4 heteroatoms. The lowest BCUT2D eigenvalue weighted by atomic mass is 9.95. The number of ether oxygens (including phenoxy) is 1. The largest absolute Gasteiger partial charge is 0.497 e. The van der Waals surface area contributed by atoms with Crippen molar-refractivity contribution in [3.05, 3.63) is 63.6 Å². The molecule has 0 N–H and O–H groups in total. The van der Waals surface area contributed by atoms with Gasteiger partial charge in [0.2, 0.25) is 0 Å². The maximum atomic E-state index is 12.1. The quantitative estimate of drug-likeness (QED) is 0.513. The normalized spacial score (nSPS) is 13.3. The molecule has 1 aliphatic rings. The van der Waals surface area contributed by atoms with Crippen LogP contribution in [0.1, 0.15) is 53.6 Å². The molecule has 0 bridgehead atoms. The molecule has 0 unspecified atom stereocenters. The number of carbonyl (C=O) groups excluding carboxylic acids is 1. The predicted octanol–water partition coefficient (Wildman–Crippen LogP) is 5.79. The first-order chi connectivity index (χ1) is 12.7. The molecule has 3 rings (SSSR count). The number of halogens is 1. The Hall–Kier alpha value is -1.94. The van der Waals surface area contributed by atoms with Gasteiger partial charge < -0.3 is 4.74 Å². The van der Waals surface area contributed by atoms with Gasteiger partial charge >= 0.3 is 0 Å². The van der Waals surface area contributed by atoms with Crippen LogP contribution in [0.15, 0.2) is 51.9 Å². The summed E-state index contributed by atoms with van der Waals surface area (Å²) in [5.74, 6) is 0.820. The molecule has 1 aliphatic heterocycles. The van der Waals surface area contributed by atoms with Crippen molar-refractivity contribution in [1.82, 2.24) is 0 Å². The zero-order chi connectivity index (χ0) is 18.4. The third kappa shape index (κ3) is 5.04. The van der Waals surface area contributed by atoms with Gasteiger partial charge in [0, 0.05) is 22.2 Å². The van der Waals surface area contributed by atoms with E-state index >= 15 is 0 Å². The molecule has 0 saturated carbocycles. The SMILES string of the molecule is COc1cc(Br)cc(CCCCCCC2=NC(=O)c3ccccc3C2)c1. The maximum Gasteiger partial charge on any atom is 0.277 e. The Morgan fingerprint density at radius 1 is 1.04 bits per heavy atom. The van der Waals surface area contributed by atoms with Crippen LogP contribution < -0.4 is 4.74 Å². The van der Waals surface area contributed by atoms with Gasteiger partial charge in [-0.1, -0.05) is 47.0 Å². The van der Waals surface area contributed by atoms with Crippen LogP contribution in [0.3, 0.4) is 0 Å². The molecular weight excluding hydrogens is 390 g/mol. The van der Waals surface area contributed by atoms with E-state index in [4.69, 9.17) is 4.74 Å². The van der Waals surface area contributed by atoms with Crippen molar-refractivity contribution >= 4 is 27.5 Å². The number of fused-ring (bicyclic) bond motifs is 1. The minimum absolute atomic E-state index is 0.0783. The molecule has 0 aromatic heterocycles. The molecule has 26 heavy (non-hydrogen) atoms. The highest BCUT2D eigenvalue weighted by Crippen LogP contribution is 2.23. The molecule has 1 amide bonds. The minimum atomic E-state index is -0.0783. The van der Waals surface area contributed by atoms with Crippen molar-refractivity contribution in [3.8, 4) is 5.75 Å². The van der Waals surface area contributed by atoms with Gasteiger partial charge in [-0.2, -0.15) is 0 Å². The van der Waals surface area contributed by atoms with E-state index in [0.717, 1.165) is 59.2 Å². The van der Waals surface area contributed by atoms with Crippen molar-refractivity contribution in [1.29, 1.82) is 0 Å². The third-order valence-electron chi connectivity index (χ3n) is 4.75. The average molecular weight is 414 g/mol. The lowest BCUT2D eigenvalue weighted by Gasteiger charge is -2.14. The summed E-state index contributed by atoms with van der Waals surface area (Å²) < 4.78 is 6.37. The lowest BCUT2D eigenvalue weighted by molar-refractivity contribution is 0.1000. The van der Waals surface area contributed by atoms with Crippen LogP contribution in [0.4, 0.5) is 0 Å². The molecule has 3 nitrogen and oxygen atoms in total. The molecule has 2 aromatic carbocycles. The van der Waals surface area contributed by atoms with Crippen LogP contribution in [-0.4, -0.2) is 18.7 Å². The maximum absolute atomic E-state index is 12.1. The zero-order valence-electron chi connectivity index (χ0n) is 15.1. The first-order valence-electron chi connectivity index (χ1n) is 9.18. The number of carbonyl (C=O) groups is 1. The van der Waals surface area contributed by atoms with Crippen LogP contribution >= 0.6 is 15.9 Å². The molecule has 1 heterocycles. The van der Waals surface area contributed by atoms with Gasteiger partial charge in [-0.05, 0) is 61.1 Å². The number of methoxy groups -OCH3 is 1. The Bertz CT molecular complexity index is 814.